The first-order chi connectivity index (χ1) is 12.7. The highest BCUT2D eigenvalue weighted by Gasteiger charge is 2.20. The van der Waals surface area contributed by atoms with Gasteiger partial charge in [0.25, 0.3) is 0 Å². The highest BCUT2D eigenvalue weighted by Crippen LogP contribution is 2.42. The highest BCUT2D eigenvalue weighted by atomic mass is 32.2. The molecule has 0 aliphatic carbocycles. The van der Waals surface area contributed by atoms with Crippen LogP contribution in [-0.2, 0) is 11.3 Å². The number of hydrogen-bond acceptors (Lipinski definition) is 6. The minimum absolute atomic E-state index is 0.133. The van der Waals surface area contributed by atoms with E-state index < -0.39 is 5.97 Å². The maximum absolute atomic E-state index is 10.8. The Hall–Kier alpha value is -2.38. The van der Waals surface area contributed by atoms with Crippen molar-refractivity contribution in [2.24, 2.45) is 0 Å². The SMILES string of the molecule is CC.O=C(O)CC1=CCN(Cc2ccc3c(c2)Nc2nccnc2S3)C1. The monoisotopic (exact) mass is 370 g/mol. The molecule has 2 aromatic rings. The molecule has 0 spiro atoms. The van der Waals surface area contributed by atoms with Crippen molar-refractivity contribution in [2.45, 2.75) is 36.7 Å². The standard InChI is InChI=1S/C17H16N4O2S.C2H6/c22-15(23)8-12-3-6-21(10-12)9-11-1-2-14-13(7-11)20-16-17(24-14)19-5-4-18-16;1-2/h1-5,7H,6,8-10H2,(H,18,20)(H,22,23);1-2H3. The predicted molar refractivity (Wildman–Crippen MR) is 103 cm³/mol. The Labute approximate surface area is 157 Å². The largest absolute Gasteiger partial charge is 0.481 e. The van der Waals surface area contributed by atoms with Crippen molar-refractivity contribution in [3.05, 3.63) is 47.8 Å². The minimum Gasteiger partial charge on any atom is -0.481 e. The molecular formula is C19H22N4O2S. The Morgan fingerprint density at radius 2 is 2.12 bits per heavy atom. The molecule has 0 radical (unpaired) electrons. The van der Waals surface area contributed by atoms with Gasteiger partial charge in [0, 0.05) is 36.9 Å². The van der Waals surface area contributed by atoms with Crippen LogP contribution in [0.15, 0.2) is 52.2 Å². The number of carboxylic acids is 1. The molecule has 0 amide bonds. The summed E-state index contributed by atoms with van der Waals surface area (Å²) in [5.74, 6) is 0.0246. The van der Waals surface area contributed by atoms with Gasteiger partial charge < -0.3 is 10.4 Å². The summed E-state index contributed by atoms with van der Waals surface area (Å²) in [4.78, 5) is 22.8. The van der Waals surface area contributed by atoms with E-state index in [1.807, 2.05) is 19.9 Å². The molecule has 136 valence electrons. The summed E-state index contributed by atoms with van der Waals surface area (Å²) in [5, 5.41) is 13.1. The molecule has 0 bridgehead atoms. The quantitative estimate of drug-likeness (QED) is 0.674. The lowest BCUT2D eigenvalue weighted by molar-refractivity contribution is -0.136. The minimum atomic E-state index is -0.766. The summed E-state index contributed by atoms with van der Waals surface area (Å²) in [5.41, 5.74) is 3.22. The van der Waals surface area contributed by atoms with Crippen molar-refractivity contribution < 1.29 is 9.90 Å². The molecule has 0 atom stereocenters. The van der Waals surface area contributed by atoms with E-state index in [1.54, 1.807) is 24.2 Å². The van der Waals surface area contributed by atoms with Crippen LogP contribution in [0.3, 0.4) is 0 Å². The van der Waals surface area contributed by atoms with Gasteiger partial charge in [-0.3, -0.25) is 9.69 Å². The van der Waals surface area contributed by atoms with Crippen LogP contribution in [0, 0.1) is 0 Å². The van der Waals surface area contributed by atoms with E-state index in [9.17, 15) is 4.79 Å². The second-order valence-corrected chi connectivity index (χ2v) is 6.90. The van der Waals surface area contributed by atoms with Gasteiger partial charge >= 0.3 is 5.97 Å². The molecule has 3 heterocycles. The Morgan fingerprint density at radius 1 is 1.31 bits per heavy atom. The van der Waals surface area contributed by atoms with E-state index >= 15 is 0 Å². The first kappa shape index (κ1) is 18.4. The first-order valence-electron chi connectivity index (χ1n) is 8.68. The number of nitrogens with one attached hydrogen (secondary N) is 1. The highest BCUT2D eigenvalue weighted by molar-refractivity contribution is 7.99. The van der Waals surface area contributed by atoms with Gasteiger partial charge in [0.05, 0.1) is 12.1 Å². The average Bonchev–Trinajstić information content (AvgIpc) is 3.07. The number of hydrogen-bond donors (Lipinski definition) is 2. The van der Waals surface area contributed by atoms with Gasteiger partial charge in [-0.1, -0.05) is 37.8 Å². The third-order valence-corrected chi connectivity index (χ3v) is 5.09. The van der Waals surface area contributed by atoms with Crippen LogP contribution in [0.1, 0.15) is 25.8 Å². The number of rotatable bonds is 4. The van der Waals surface area contributed by atoms with Crippen molar-refractivity contribution in [3.8, 4) is 0 Å². The fraction of sp³-hybridized carbons (Fsp3) is 0.316. The van der Waals surface area contributed by atoms with Gasteiger partial charge in [0.15, 0.2) is 5.82 Å². The second-order valence-electron chi connectivity index (χ2n) is 5.87. The Kier molecular flexibility index (Phi) is 5.90. The molecule has 2 aliphatic rings. The Balaban J connectivity index is 0.000000948. The van der Waals surface area contributed by atoms with Crippen LogP contribution >= 0.6 is 11.8 Å². The lowest BCUT2D eigenvalue weighted by atomic mass is 10.1. The van der Waals surface area contributed by atoms with E-state index in [2.05, 4.69) is 38.4 Å². The Morgan fingerprint density at radius 3 is 2.92 bits per heavy atom. The molecule has 0 saturated carbocycles. The summed E-state index contributed by atoms with van der Waals surface area (Å²) >= 11 is 1.62. The average molecular weight is 370 g/mol. The molecule has 1 aromatic heterocycles. The predicted octanol–water partition coefficient (Wildman–Crippen LogP) is 3.93. The van der Waals surface area contributed by atoms with Crippen LogP contribution in [-0.4, -0.2) is 39.0 Å². The fourth-order valence-electron chi connectivity index (χ4n) is 2.96. The van der Waals surface area contributed by atoms with Gasteiger partial charge in [-0.05, 0) is 23.3 Å². The maximum Gasteiger partial charge on any atom is 0.307 e. The normalized spacial score (nSPS) is 15.1. The van der Waals surface area contributed by atoms with E-state index in [0.717, 1.165) is 46.6 Å². The number of anilines is 2. The lowest BCUT2D eigenvalue weighted by Crippen LogP contribution is -2.21. The van der Waals surface area contributed by atoms with E-state index in [4.69, 9.17) is 5.11 Å². The first-order valence-corrected chi connectivity index (χ1v) is 9.50. The smallest absolute Gasteiger partial charge is 0.307 e. The third-order valence-electron chi connectivity index (χ3n) is 4.02. The van der Waals surface area contributed by atoms with Crippen LogP contribution in [0.4, 0.5) is 11.5 Å². The van der Waals surface area contributed by atoms with Crippen LogP contribution in [0.2, 0.25) is 0 Å². The van der Waals surface area contributed by atoms with Crippen molar-refractivity contribution in [1.82, 2.24) is 14.9 Å². The number of aliphatic carboxylic acids is 1. The van der Waals surface area contributed by atoms with E-state index in [0.29, 0.717) is 0 Å². The molecule has 1 aromatic carbocycles. The zero-order valence-electron chi connectivity index (χ0n) is 14.9. The number of carboxylic acid groups (broad SMARTS) is 1. The molecule has 6 nitrogen and oxygen atoms in total. The van der Waals surface area contributed by atoms with Gasteiger partial charge in [0.1, 0.15) is 5.03 Å². The lowest BCUT2D eigenvalue weighted by Gasteiger charge is -2.21. The molecule has 0 fully saturated rings. The maximum atomic E-state index is 10.8. The fourth-order valence-corrected chi connectivity index (χ4v) is 3.83. The van der Waals surface area contributed by atoms with Crippen LogP contribution in [0.5, 0.6) is 0 Å². The summed E-state index contributed by atoms with van der Waals surface area (Å²) in [6, 6.07) is 6.35. The molecular weight excluding hydrogens is 348 g/mol. The summed E-state index contributed by atoms with van der Waals surface area (Å²) in [6.07, 6.45) is 5.53. The van der Waals surface area contributed by atoms with E-state index in [-0.39, 0.29) is 6.42 Å². The number of aromatic nitrogens is 2. The number of benzene rings is 1. The van der Waals surface area contributed by atoms with Gasteiger partial charge in [-0.25, -0.2) is 9.97 Å². The summed E-state index contributed by atoms with van der Waals surface area (Å²) in [7, 11) is 0. The van der Waals surface area contributed by atoms with Crippen molar-refractivity contribution in [1.29, 1.82) is 0 Å². The van der Waals surface area contributed by atoms with Crippen molar-refractivity contribution in [3.63, 3.8) is 0 Å². The summed E-state index contributed by atoms with van der Waals surface area (Å²) in [6.45, 7) is 6.32. The number of carbonyl (C=O) groups is 1. The molecule has 7 heteroatoms. The zero-order chi connectivity index (χ0) is 18.5. The second kappa shape index (κ2) is 8.33. The van der Waals surface area contributed by atoms with Crippen molar-refractivity contribution in [2.75, 3.05) is 18.4 Å². The van der Waals surface area contributed by atoms with Crippen LogP contribution < -0.4 is 5.32 Å². The number of nitrogens with zero attached hydrogens (tertiary/aromatic N) is 3. The molecule has 4 rings (SSSR count). The summed E-state index contributed by atoms with van der Waals surface area (Å²) < 4.78 is 0. The molecule has 0 saturated heterocycles. The van der Waals surface area contributed by atoms with E-state index in [1.165, 1.54) is 5.56 Å². The third kappa shape index (κ3) is 4.23. The molecule has 0 unspecified atom stereocenters. The van der Waals surface area contributed by atoms with Crippen LogP contribution in [0.25, 0.3) is 0 Å². The Bertz CT molecular complexity index is 838. The molecule has 26 heavy (non-hydrogen) atoms. The molecule has 2 aliphatic heterocycles. The molecule has 2 N–H and O–H groups in total. The van der Waals surface area contributed by atoms with Gasteiger partial charge in [-0.15, -0.1) is 0 Å². The zero-order valence-corrected chi connectivity index (χ0v) is 15.7. The van der Waals surface area contributed by atoms with Gasteiger partial charge in [0.2, 0.25) is 0 Å². The van der Waals surface area contributed by atoms with Gasteiger partial charge in [-0.2, -0.15) is 0 Å². The number of fused-ring (bicyclic) bond motifs is 2. The topological polar surface area (TPSA) is 78.4 Å². The van der Waals surface area contributed by atoms with Crippen molar-refractivity contribution >= 4 is 29.2 Å².